The number of carbonyl (C=O) groups excluding carboxylic acids is 1. The molecular weight excluding hydrogens is 366 g/mol. The van der Waals surface area contributed by atoms with Gasteiger partial charge in [-0.2, -0.15) is 0 Å². The average molecular weight is 390 g/mol. The Balaban J connectivity index is 1.13. The second-order valence-corrected chi connectivity index (χ2v) is 10.2. The Labute approximate surface area is 161 Å². The van der Waals surface area contributed by atoms with Crippen LogP contribution in [0.2, 0.25) is 0 Å². The minimum Gasteiger partial charge on any atom is -0.410 e. The number of amides is 1. The summed E-state index contributed by atoms with van der Waals surface area (Å²) in [6.07, 6.45) is 8.27. The highest BCUT2D eigenvalue weighted by Gasteiger charge is 2.50. The van der Waals surface area contributed by atoms with E-state index >= 15 is 0 Å². The van der Waals surface area contributed by atoms with E-state index in [1.54, 1.807) is 11.3 Å². The SMILES string of the molecule is O=C(CSc1nnc(-c2cccs2)o1)NCC12CC3CC(CC(C3)C1)C2. The number of nitrogens with zero attached hydrogens (tertiary/aromatic N) is 2. The van der Waals surface area contributed by atoms with Crippen LogP contribution in [0.5, 0.6) is 0 Å². The topological polar surface area (TPSA) is 68.0 Å². The molecule has 4 fully saturated rings. The van der Waals surface area contributed by atoms with Gasteiger partial charge in [-0.1, -0.05) is 17.8 Å². The van der Waals surface area contributed by atoms with Crippen molar-refractivity contribution < 1.29 is 9.21 Å². The summed E-state index contributed by atoms with van der Waals surface area (Å²) in [6.45, 7) is 0.847. The molecule has 4 bridgehead atoms. The molecule has 4 aliphatic carbocycles. The third-order valence-corrected chi connectivity index (χ3v) is 7.97. The number of rotatable bonds is 6. The van der Waals surface area contributed by atoms with E-state index in [9.17, 15) is 4.79 Å². The molecule has 6 rings (SSSR count). The van der Waals surface area contributed by atoms with Gasteiger partial charge in [0.05, 0.1) is 10.6 Å². The van der Waals surface area contributed by atoms with E-state index in [2.05, 4.69) is 15.5 Å². The van der Waals surface area contributed by atoms with Gasteiger partial charge in [0.2, 0.25) is 5.91 Å². The standard InChI is InChI=1S/C19H23N3O2S2/c23-16(10-26-18-22-21-17(24-18)15-2-1-3-25-15)20-11-19-7-12-4-13(8-19)6-14(5-12)9-19/h1-3,12-14H,4-11H2,(H,20,23). The molecule has 0 unspecified atom stereocenters. The number of hydrogen-bond acceptors (Lipinski definition) is 6. The number of thioether (sulfide) groups is 1. The molecule has 5 nitrogen and oxygen atoms in total. The number of hydrogen-bond donors (Lipinski definition) is 1. The molecule has 2 aromatic rings. The first kappa shape index (κ1) is 16.8. The zero-order valence-corrected chi connectivity index (χ0v) is 16.3. The molecule has 0 spiro atoms. The second-order valence-electron chi connectivity index (χ2n) is 8.33. The minimum atomic E-state index is 0.0709. The first-order chi connectivity index (χ1) is 12.7. The van der Waals surface area contributed by atoms with Crippen molar-refractivity contribution in [2.45, 2.75) is 43.7 Å². The van der Waals surface area contributed by atoms with Gasteiger partial charge in [-0.25, -0.2) is 0 Å². The molecule has 26 heavy (non-hydrogen) atoms. The summed E-state index contributed by atoms with van der Waals surface area (Å²) in [5.41, 5.74) is 0.381. The monoisotopic (exact) mass is 389 g/mol. The van der Waals surface area contributed by atoms with Crippen molar-refractivity contribution in [3.05, 3.63) is 17.5 Å². The van der Waals surface area contributed by atoms with Crippen molar-refractivity contribution in [2.75, 3.05) is 12.3 Å². The van der Waals surface area contributed by atoms with Gasteiger partial charge in [-0.15, -0.1) is 21.5 Å². The number of nitrogens with one attached hydrogen (secondary N) is 1. The smallest absolute Gasteiger partial charge is 0.277 e. The quantitative estimate of drug-likeness (QED) is 0.749. The molecule has 0 aliphatic heterocycles. The Hall–Kier alpha value is -1.34. The fraction of sp³-hybridized carbons (Fsp3) is 0.632. The summed E-state index contributed by atoms with van der Waals surface area (Å²) in [6, 6.07) is 3.90. The molecule has 1 N–H and O–H groups in total. The van der Waals surface area contributed by atoms with Gasteiger partial charge in [0.1, 0.15) is 0 Å². The van der Waals surface area contributed by atoms with E-state index in [1.165, 1.54) is 50.3 Å². The van der Waals surface area contributed by atoms with E-state index in [0.29, 0.717) is 22.3 Å². The Morgan fingerprint density at radius 3 is 2.62 bits per heavy atom. The normalized spacial score (nSPS) is 32.1. The molecule has 0 atom stereocenters. The highest BCUT2D eigenvalue weighted by atomic mass is 32.2. The first-order valence-electron chi connectivity index (χ1n) is 9.44. The molecule has 4 saturated carbocycles. The molecule has 138 valence electrons. The highest BCUT2D eigenvalue weighted by molar-refractivity contribution is 7.99. The van der Waals surface area contributed by atoms with Gasteiger partial charge in [-0.05, 0) is 73.1 Å². The highest BCUT2D eigenvalue weighted by Crippen LogP contribution is 2.59. The summed E-state index contributed by atoms with van der Waals surface area (Å²) in [4.78, 5) is 13.3. The van der Waals surface area contributed by atoms with Crippen molar-refractivity contribution in [3.8, 4) is 10.8 Å². The van der Waals surface area contributed by atoms with E-state index in [0.717, 1.165) is 29.2 Å². The number of thiophene rings is 1. The summed E-state index contributed by atoms with van der Waals surface area (Å²) < 4.78 is 5.63. The third kappa shape index (κ3) is 3.31. The molecule has 7 heteroatoms. The van der Waals surface area contributed by atoms with Gasteiger partial charge >= 0.3 is 0 Å². The van der Waals surface area contributed by atoms with Crippen LogP contribution in [0.15, 0.2) is 27.2 Å². The van der Waals surface area contributed by atoms with Crippen LogP contribution in [0.1, 0.15) is 38.5 Å². The Bertz CT molecular complexity index is 751. The fourth-order valence-electron chi connectivity index (χ4n) is 5.74. The van der Waals surface area contributed by atoms with E-state index in [4.69, 9.17) is 4.42 Å². The van der Waals surface area contributed by atoms with Crippen LogP contribution in [0.25, 0.3) is 10.8 Å². The van der Waals surface area contributed by atoms with Crippen molar-refractivity contribution in [1.29, 1.82) is 0 Å². The molecular formula is C19H23N3O2S2. The maximum atomic E-state index is 12.3. The number of carbonyl (C=O) groups is 1. The summed E-state index contributed by atoms with van der Waals surface area (Å²) >= 11 is 2.88. The maximum absolute atomic E-state index is 12.3. The zero-order valence-electron chi connectivity index (χ0n) is 14.6. The lowest BCUT2D eigenvalue weighted by Gasteiger charge is -2.56. The van der Waals surface area contributed by atoms with Gasteiger partial charge in [0, 0.05) is 6.54 Å². The lowest BCUT2D eigenvalue weighted by Crippen LogP contribution is -2.51. The maximum Gasteiger partial charge on any atom is 0.277 e. The average Bonchev–Trinajstić information content (AvgIpc) is 3.28. The molecule has 2 heterocycles. The molecule has 0 aromatic carbocycles. The molecule has 4 aliphatic rings. The third-order valence-electron chi connectivity index (χ3n) is 6.29. The lowest BCUT2D eigenvalue weighted by molar-refractivity contribution is -0.120. The Morgan fingerprint density at radius 1 is 1.23 bits per heavy atom. The predicted octanol–water partition coefficient (Wildman–Crippen LogP) is 4.22. The van der Waals surface area contributed by atoms with Gasteiger partial charge < -0.3 is 9.73 Å². The molecule has 1 amide bonds. The molecule has 0 radical (unpaired) electrons. The van der Waals surface area contributed by atoms with Crippen LogP contribution in [0.3, 0.4) is 0 Å². The molecule has 2 aromatic heterocycles. The predicted molar refractivity (Wildman–Crippen MR) is 102 cm³/mol. The van der Waals surface area contributed by atoms with E-state index in [1.807, 2.05) is 17.5 Å². The Kier molecular flexibility index (Phi) is 4.32. The van der Waals surface area contributed by atoms with Crippen LogP contribution in [-0.2, 0) is 4.79 Å². The van der Waals surface area contributed by atoms with Crippen LogP contribution in [0, 0.1) is 23.2 Å². The van der Waals surface area contributed by atoms with Crippen molar-refractivity contribution in [2.24, 2.45) is 23.2 Å². The van der Waals surface area contributed by atoms with Crippen molar-refractivity contribution in [3.63, 3.8) is 0 Å². The van der Waals surface area contributed by atoms with Crippen LogP contribution < -0.4 is 5.32 Å². The van der Waals surface area contributed by atoms with Gasteiger partial charge in [0.25, 0.3) is 11.1 Å². The summed E-state index contributed by atoms with van der Waals surface area (Å²) in [5, 5.41) is 13.7. The lowest BCUT2D eigenvalue weighted by atomic mass is 9.49. The first-order valence-corrected chi connectivity index (χ1v) is 11.3. The summed E-state index contributed by atoms with van der Waals surface area (Å²) in [7, 11) is 0. The van der Waals surface area contributed by atoms with Crippen LogP contribution in [-0.4, -0.2) is 28.4 Å². The van der Waals surface area contributed by atoms with Crippen LogP contribution in [0.4, 0.5) is 0 Å². The minimum absolute atomic E-state index is 0.0709. The number of aromatic nitrogens is 2. The van der Waals surface area contributed by atoms with Gasteiger partial charge in [0.15, 0.2) is 0 Å². The van der Waals surface area contributed by atoms with Gasteiger partial charge in [-0.3, -0.25) is 4.79 Å². The fourth-order valence-corrected chi connectivity index (χ4v) is 6.98. The second kappa shape index (κ2) is 6.68. The van der Waals surface area contributed by atoms with Crippen molar-refractivity contribution >= 4 is 29.0 Å². The Morgan fingerprint density at radius 2 is 1.96 bits per heavy atom. The van der Waals surface area contributed by atoms with Crippen LogP contribution >= 0.6 is 23.1 Å². The molecule has 0 saturated heterocycles. The van der Waals surface area contributed by atoms with E-state index < -0.39 is 0 Å². The van der Waals surface area contributed by atoms with E-state index in [-0.39, 0.29) is 5.91 Å². The summed E-state index contributed by atoms with van der Waals surface area (Å²) in [5.74, 6) is 3.68. The largest absolute Gasteiger partial charge is 0.410 e. The zero-order chi connectivity index (χ0) is 17.6. The van der Waals surface area contributed by atoms with Crippen molar-refractivity contribution in [1.82, 2.24) is 15.5 Å².